The zero-order valence-corrected chi connectivity index (χ0v) is 13.3. The number of oxime groups is 1. The largest absolute Gasteiger partial charge is 0.494 e. The maximum atomic E-state index is 5.66. The number of aromatic nitrogens is 3. The summed E-state index contributed by atoms with van der Waals surface area (Å²) in [6, 6.07) is 7.72. The van der Waals surface area contributed by atoms with Gasteiger partial charge in [-0.2, -0.15) is 9.78 Å². The molecule has 0 atom stereocenters. The van der Waals surface area contributed by atoms with E-state index in [1.165, 1.54) is 6.33 Å². The number of rotatable bonds is 7. The van der Waals surface area contributed by atoms with Crippen LogP contribution in [0.5, 0.6) is 5.75 Å². The molecule has 0 amide bonds. The summed E-state index contributed by atoms with van der Waals surface area (Å²) in [7, 11) is 0. The molecular weight excluding hydrogens is 280 g/mol. The molecule has 118 valence electrons. The first-order valence-corrected chi connectivity index (χ1v) is 7.52. The molecule has 0 saturated carbocycles. The van der Waals surface area contributed by atoms with E-state index in [2.05, 4.69) is 22.2 Å². The van der Waals surface area contributed by atoms with Crippen molar-refractivity contribution in [2.24, 2.45) is 5.16 Å². The zero-order valence-electron chi connectivity index (χ0n) is 13.3. The summed E-state index contributed by atoms with van der Waals surface area (Å²) in [6.45, 7) is 6.72. The van der Waals surface area contributed by atoms with Gasteiger partial charge >= 0.3 is 0 Å². The van der Waals surface area contributed by atoms with Crippen molar-refractivity contribution in [3.63, 3.8) is 0 Å². The van der Waals surface area contributed by atoms with E-state index in [4.69, 9.17) is 9.57 Å². The number of hydrogen-bond acceptors (Lipinski definition) is 5. The molecule has 0 N–H and O–H groups in total. The highest BCUT2D eigenvalue weighted by Gasteiger charge is 2.09. The summed E-state index contributed by atoms with van der Waals surface area (Å²) in [6.07, 6.45) is 5.22. The van der Waals surface area contributed by atoms with Gasteiger partial charge in [0.2, 0.25) is 5.84 Å². The lowest BCUT2D eigenvalue weighted by molar-refractivity contribution is 0.0851. The molecule has 0 aliphatic carbocycles. The maximum absolute atomic E-state index is 5.66. The predicted octanol–water partition coefficient (Wildman–Crippen LogP) is 3.09. The topological polar surface area (TPSA) is 61.5 Å². The van der Waals surface area contributed by atoms with Gasteiger partial charge in [-0.25, -0.2) is 4.98 Å². The fraction of sp³-hybridized carbons (Fsp3) is 0.438. The average Bonchev–Trinajstić information content (AvgIpc) is 3.03. The second-order valence-electron chi connectivity index (χ2n) is 5.14. The first kappa shape index (κ1) is 16.0. The molecular formula is C16H22N4O2. The van der Waals surface area contributed by atoms with Gasteiger partial charge in [0.25, 0.3) is 0 Å². The highest BCUT2D eigenvalue weighted by molar-refractivity contribution is 5.99. The van der Waals surface area contributed by atoms with Crippen LogP contribution in [-0.2, 0) is 4.84 Å². The molecule has 22 heavy (non-hydrogen) atoms. The third-order valence-corrected chi connectivity index (χ3v) is 2.86. The second kappa shape index (κ2) is 8.17. The number of unbranched alkanes of at least 4 members (excludes halogenated alkanes) is 1. The third-order valence-electron chi connectivity index (χ3n) is 2.86. The summed E-state index contributed by atoms with van der Waals surface area (Å²) in [5.74, 6) is 1.44. The molecule has 2 aromatic rings. The highest BCUT2D eigenvalue weighted by Crippen LogP contribution is 2.14. The molecule has 0 spiro atoms. The van der Waals surface area contributed by atoms with Crippen LogP contribution in [0, 0.1) is 0 Å². The van der Waals surface area contributed by atoms with E-state index in [1.54, 1.807) is 11.0 Å². The third kappa shape index (κ3) is 4.58. The minimum absolute atomic E-state index is 0.00447. The molecule has 1 heterocycles. The van der Waals surface area contributed by atoms with Crippen molar-refractivity contribution >= 4 is 5.84 Å². The summed E-state index contributed by atoms with van der Waals surface area (Å²) in [5.41, 5.74) is 0.883. The zero-order chi connectivity index (χ0) is 15.8. The molecule has 2 rings (SSSR count). The average molecular weight is 302 g/mol. The van der Waals surface area contributed by atoms with Gasteiger partial charge in [-0.05, 0) is 44.5 Å². The van der Waals surface area contributed by atoms with Crippen LogP contribution in [0.3, 0.4) is 0 Å². The van der Waals surface area contributed by atoms with Gasteiger partial charge in [-0.1, -0.05) is 18.5 Å². The van der Waals surface area contributed by atoms with Crippen molar-refractivity contribution in [3.05, 3.63) is 42.5 Å². The van der Waals surface area contributed by atoms with Gasteiger partial charge < -0.3 is 9.57 Å². The molecule has 0 saturated heterocycles. The Morgan fingerprint density at radius 2 is 2.05 bits per heavy atom. The molecule has 1 aromatic heterocycles. The Labute approximate surface area is 130 Å². The quantitative estimate of drug-likeness (QED) is 0.341. The standard InChI is InChI=1S/C16H22N4O2/c1-4-5-10-21-15-8-6-14(7-9-15)16(19-22-13(2)3)20-12-17-11-18-20/h6-9,11-13H,4-5,10H2,1-3H3/b19-16+. The van der Waals surface area contributed by atoms with E-state index >= 15 is 0 Å². The maximum Gasteiger partial charge on any atom is 0.201 e. The lowest BCUT2D eigenvalue weighted by Crippen LogP contribution is -2.16. The van der Waals surface area contributed by atoms with Crippen molar-refractivity contribution in [3.8, 4) is 5.75 Å². The van der Waals surface area contributed by atoms with Crippen molar-refractivity contribution in [1.29, 1.82) is 0 Å². The van der Waals surface area contributed by atoms with Crippen LogP contribution in [0.15, 0.2) is 42.1 Å². The predicted molar refractivity (Wildman–Crippen MR) is 85.0 cm³/mol. The van der Waals surface area contributed by atoms with E-state index in [9.17, 15) is 0 Å². The Balaban J connectivity index is 2.16. The minimum Gasteiger partial charge on any atom is -0.494 e. The SMILES string of the molecule is CCCCOc1ccc(/C(=N\OC(C)C)n2cncn2)cc1. The Bertz CT molecular complexity index is 577. The summed E-state index contributed by atoms with van der Waals surface area (Å²) < 4.78 is 7.24. The van der Waals surface area contributed by atoms with E-state index in [-0.39, 0.29) is 6.10 Å². The number of ether oxygens (including phenoxy) is 1. The van der Waals surface area contributed by atoms with Crippen molar-refractivity contribution < 1.29 is 9.57 Å². The minimum atomic E-state index is -0.00447. The van der Waals surface area contributed by atoms with E-state index in [0.29, 0.717) is 5.84 Å². The fourth-order valence-electron chi connectivity index (χ4n) is 1.73. The number of nitrogens with zero attached hydrogens (tertiary/aromatic N) is 4. The van der Waals surface area contributed by atoms with Gasteiger partial charge in [-0.15, -0.1) is 0 Å². The molecule has 0 bridgehead atoms. The van der Waals surface area contributed by atoms with Crippen molar-refractivity contribution in [1.82, 2.24) is 14.8 Å². The molecule has 0 aliphatic heterocycles. The number of benzene rings is 1. The van der Waals surface area contributed by atoms with Crippen molar-refractivity contribution in [2.45, 2.75) is 39.7 Å². The fourth-order valence-corrected chi connectivity index (χ4v) is 1.73. The first-order chi connectivity index (χ1) is 10.7. The van der Waals surface area contributed by atoms with Gasteiger partial charge in [0.1, 0.15) is 24.5 Å². The van der Waals surface area contributed by atoms with Crippen molar-refractivity contribution in [2.75, 3.05) is 6.61 Å². The Kier molecular flexibility index (Phi) is 5.94. The van der Waals surface area contributed by atoms with Crippen LogP contribution >= 0.6 is 0 Å². The molecule has 1 aromatic carbocycles. The van der Waals surface area contributed by atoms with Gasteiger partial charge in [-0.3, -0.25) is 0 Å². The molecule has 0 radical (unpaired) electrons. The van der Waals surface area contributed by atoms with Crippen LogP contribution in [0.4, 0.5) is 0 Å². The summed E-state index contributed by atoms with van der Waals surface area (Å²) in [4.78, 5) is 9.31. The van der Waals surface area contributed by atoms with Gasteiger partial charge in [0.15, 0.2) is 0 Å². The first-order valence-electron chi connectivity index (χ1n) is 7.52. The lowest BCUT2D eigenvalue weighted by Gasteiger charge is -2.10. The highest BCUT2D eigenvalue weighted by atomic mass is 16.6. The van der Waals surface area contributed by atoms with E-state index in [0.717, 1.165) is 30.8 Å². The Morgan fingerprint density at radius 1 is 1.27 bits per heavy atom. The molecule has 6 nitrogen and oxygen atoms in total. The smallest absolute Gasteiger partial charge is 0.201 e. The van der Waals surface area contributed by atoms with Crippen LogP contribution in [0.2, 0.25) is 0 Å². The molecule has 0 fully saturated rings. The van der Waals surface area contributed by atoms with Crippen LogP contribution in [-0.4, -0.2) is 33.3 Å². The van der Waals surface area contributed by atoms with Crippen LogP contribution in [0.25, 0.3) is 0 Å². The lowest BCUT2D eigenvalue weighted by atomic mass is 10.2. The summed E-state index contributed by atoms with van der Waals surface area (Å²) in [5, 5.41) is 8.29. The monoisotopic (exact) mass is 302 g/mol. The molecule has 6 heteroatoms. The molecule has 0 unspecified atom stereocenters. The van der Waals surface area contributed by atoms with Gasteiger partial charge in [0.05, 0.1) is 6.61 Å². The van der Waals surface area contributed by atoms with E-state index in [1.807, 2.05) is 38.1 Å². The van der Waals surface area contributed by atoms with Crippen LogP contribution < -0.4 is 4.74 Å². The normalized spacial score (nSPS) is 11.7. The van der Waals surface area contributed by atoms with Crippen LogP contribution in [0.1, 0.15) is 39.2 Å². The summed E-state index contributed by atoms with van der Waals surface area (Å²) >= 11 is 0. The van der Waals surface area contributed by atoms with E-state index < -0.39 is 0 Å². The Morgan fingerprint density at radius 3 is 2.64 bits per heavy atom. The second-order valence-corrected chi connectivity index (χ2v) is 5.14. The van der Waals surface area contributed by atoms with Gasteiger partial charge in [0, 0.05) is 5.56 Å². The Hall–Kier alpha value is -2.37. The molecule has 0 aliphatic rings. The number of hydrogen-bond donors (Lipinski definition) is 0.